The first-order valence-corrected chi connectivity index (χ1v) is 12.0. The van der Waals surface area contributed by atoms with Gasteiger partial charge < -0.3 is 38.5 Å². The SMILES string of the molecule is COCOC[C@@]1(NC(=O)c2ccccc2)COC(C)(C)O[C@H]1[C@H]1CCO[C@@H](c2ccc(OC)cc2)O1. The summed E-state index contributed by atoms with van der Waals surface area (Å²) >= 11 is 0. The zero-order valence-corrected chi connectivity index (χ0v) is 21.2. The van der Waals surface area contributed by atoms with Crippen LogP contribution in [0.4, 0.5) is 0 Å². The standard InChI is InChI=1S/C27H35NO8/c1-26(2)34-17-27(16-32-18-30-3,28-24(29)19-8-6-5-7-9-19)23(36-26)22-14-15-33-25(35-22)20-10-12-21(31-4)13-11-20/h5-13,22-23,25H,14-18H2,1-4H3,(H,28,29)/t22-,23+,25-,27-/m1/s1. The van der Waals surface area contributed by atoms with E-state index in [9.17, 15) is 4.79 Å². The summed E-state index contributed by atoms with van der Waals surface area (Å²) in [7, 11) is 3.17. The van der Waals surface area contributed by atoms with Crippen LogP contribution >= 0.6 is 0 Å². The first kappa shape index (κ1) is 26.5. The summed E-state index contributed by atoms with van der Waals surface area (Å²) in [5, 5.41) is 3.16. The number of hydrogen-bond acceptors (Lipinski definition) is 8. The number of nitrogens with one attached hydrogen (secondary N) is 1. The summed E-state index contributed by atoms with van der Waals surface area (Å²) in [6.07, 6.45) is -1.01. The highest BCUT2D eigenvalue weighted by molar-refractivity contribution is 5.94. The smallest absolute Gasteiger partial charge is 0.251 e. The van der Waals surface area contributed by atoms with Crippen molar-refractivity contribution in [2.75, 3.05) is 40.8 Å². The van der Waals surface area contributed by atoms with Gasteiger partial charge in [-0.15, -0.1) is 0 Å². The van der Waals surface area contributed by atoms with Crippen LogP contribution in [0.5, 0.6) is 5.75 Å². The van der Waals surface area contributed by atoms with E-state index >= 15 is 0 Å². The maximum atomic E-state index is 13.3. The van der Waals surface area contributed by atoms with E-state index in [1.807, 2.05) is 56.3 Å². The molecule has 1 N–H and O–H groups in total. The van der Waals surface area contributed by atoms with Crippen molar-refractivity contribution in [1.29, 1.82) is 0 Å². The van der Waals surface area contributed by atoms with E-state index in [0.717, 1.165) is 11.3 Å². The third-order valence-corrected chi connectivity index (χ3v) is 6.29. The summed E-state index contributed by atoms with van der Waals surface area (Å²) in [5.41, 5.74) is 0.352. The molecule has 1 amide bonds. The predicted molar refractivity (Wildman–Crippen MR) is 131 cm³/mol. The van der Waals surface area contributed by atoms with Gasteiger partial charge in [0.15, 0.2) is 12.1 Å². The minimum atomic E-state index is -1.03. The van der Waals surface area contributed by atoms with E-state index in [-0.39, 0.29) is 25.9 Å². The van der Waals surface area contributed by atoms with Gasteiger partial charge in [-0.3, -0.25) is 4.79 Å². The van der Waals surface area contributed by atoms with E-state index in [4.69, 9.17) is 33.2 Å². The zero-order valence-electron chi connectivity index (χ0n) is 21.2. The third-order valence-electron chi connectivity index (χ3n) is 6.29. The highest BCUT2D eigenvalue weighted by Gasteiger charge is 2.54. The minimum Gasteiger partial charge on any atom is -0.497 e. The van der Waals surface area contributed by atoms with Crippen LogP contribution in [0.1, 0.15) is 42.5 Å². The molecule has 0 spiro atoms. The molecule has 2 aliphatic heterocycles. The maximum Gasteiger partial charge on any atom is 0.251 e. The fraction of sp³-hybridized carbons (Fsp3) is 0.519. The van der Waals surface area contributed by atoms with Gasteiger partial charge in [0.05, 0.1) is 33.0 Å². The molecule has 0 unspecified atom stereocenters. The van der Waals surface area contributed by atoms with Gasteiger partial charge in [0.1, 0.15) is 24.2 Å². The molecule has 0 radical (unpaired) electrons. The Hall–Kier alpha value is -2.53. The molecule has 2 heterocycles. The average Bonchev–Trinajstić information content (AvgIpc) is 2.91. The van der Waals surface area contributed by atoms with Gasteiger partial charge >= 0.3 is 0 Å². The van der Waals surface area contributed by atoms with Gasteiger partial charge in [-0.1, -0.05) is 30.3 Å². The van der Waals surface area contributed by atoms with Crippen LogP contribution in [-0.2, 0) is 28.4 Å². The van der Waals surface area contributed by atoms with Crippen molar-refractivity contribution in [3.8, 4) is 5.75 Å². The van der Waals surface area contributed by atoms with Crippen LogP contribution in [0.25, 0.3) is 0 Å². The molecule has 4 rings (SSSR count). The normalized spacial score (nSPS) is 27.8. The lowest BCUT2D eigenvalue weighted by atomic mass is 9.86. The molecular weight excluding hydrogens is 466 g/mol. The lowest BCUT2D eigenvalue weighted by molar-refractivity contribution is -0.345. The van der Waals surface area contributed by atoms with Gasteiger partial charge in [0, 0.05) is 18.2 Å². The van der Waals surface area contributed by atoms with Crippen LogP contribution in [-0.4, -0.2) is 70.3 Å². The number of benzene rings is 2. The number of ether oxygens (including phenoxy) is 7. The minimum absolute atomic E-state index is 0.0577. The Kier molecular flexibility index (Phi) is 8.61. The molecule has 2 saturated heterocycles. The van der Waals surface area contributed by atoms with E-state index in [1.165, 1.54) is 0 Å². The molecule has 0 aromatic heterocycles. The average molecular weight is 502 g/mol. The van der Waals surface area contributed by atoms with Gasteiger partial charge in [0.2, 0.25) is 0 Å². The molecule has 2 aromatic carbocycles. The molecule has 2 fully saturated rings. The van der Waals surface area contributed by atoms with Gasteiger partial charge in [-0.05, 0) is 44.5 Å². The second-order valence-corrected chi connectivity index (χ2v) is 9.40. The molecule has 2 aliphatic rings. The van der Waals surface area contributed by atoms with Crippen molar-refractivity contribution in [2.45, 2.75) is 50.1 Å². The van der Waals surface area contributed by atoms with Gasteiger partial charge in [-0.2, -0.15) is 0 Å². The number of carbonyl (C=O) groups is 1. The zero-order chi connectivity index (χ0) is 25.6. The van der Waals surface area contributed by atoms with Crippen molar-refractivity contribution in [2.24, 2.45) is 0 Å². The summed E-state index contributed by atoms with van der Waals surface area (Å²) in [5.74, 6) is -0.393. The van der Waals surface area contributed by atoms with Crippen molar-refractivity contribution < 1.29 is 38.0 Å². The molecule has 9 heteroatoms. The monoisotopic (exact) mass is 501 g/mol. The molecule has 0 aliphatic carbocycles. The predicted octanol–water partition coefficient (Wildman–Crippen LogP) is 3.44. The third kappa shape index (κ3) is 6.23. The number of rotatable bonds is 9. The van der Waals surface area contributed by atoms with Crippen molar-refractivity contribution >= 4 is 5.91 Å². The van der Waals surface area contributed by atoms with E-state index < -0.39 is 29.8 Å². The number of carbonyl (C=O) groups excluding carboxylic acids is 1. The topological polar surface area (TPSA) is 93.7 Å². The van der Waals surface area contributed by atoms with Crippen LogP contribution in [0.3, 0.4) is 0 Å². The Bertz CT molecular complexity index is 983. The first-order chi connectivity index (χ1) is 17.4. The molecule has 0 bridgehead atoms. The number of hydrogen-bond donors (Lipinski definition) is 1. The van der Waals surface area contributed by atoms with E-state index in [1.54, 1.807) is 26.4 Å². The lowest BCUT2D eigenvalue weighted by Crippen LogP contribution is -2.71. The second-order valence-electron chi connectivity index (χ2n) is 9.40. The highest BCUT2D eigenvalue weighted by atomic mass is 16.7. The Morgan fingerprint density at radius 3 is 2.53 bits per heavy atom. The fourth-order valence-electron chi connectivity index (χ4n) is 4.45. The molecule has 196 valence electrons. The Labute approximate surface area is 211 Å². The molecule has 4 atom stereocenters. The largest absolute Gasteiger partial charge is 0.497 e. The Morgan fingerprint density at radius 2 is 1.83 bits per heavy atom. The molecule has 9 nitrogen and oxygen atoms in total. The molecular formula is C27H35NO8. The van der Waals surface area contributed by atoms with Crippen LogP contribution in [0.2, 0.25) is 0 Å². The van der Waals surface area contributed by atoms with Gasteiger partial charge in [-0.25, -0.2) is 0 Å². The summed E-state index contributed by atoms with van der Waals surface area (Å²) in [4.78, 5) is 13.3. The van der Waals surface area contributed by atoms with Crippen LogP contribution in [0, 0.1) is 0 Å². The van der Waals surface area contributed by atoms with Crippen molar-refractivity contribution in [1.82, 2.24) is 5.32 Å². The fourth-order valence-corrected chi connectivity index (χ4v) is 4.45. The number of amides is 1. The van der Waals surface area contributed by atoms with Crippen LogP contribution in [0.15, 0.2) is 54.6 Å². The highest BCUT2D eigenvalue weighted by Crippen LogP contribution is 2.38. The second kappa shape index (κ2) is 11.7. The number of methoxy groups -OCH3 is 2. The lowest BCUT2D eigenvalue weighted by Gasteiger charge is -2.52. The molecule has 0 saturated carbocycles. The summed E-state index contributed by atoms with van der Waals surface area (Å²) in [6.45, 7) is 4.49. The molecule has 2 aromatic rings. The molecule has 36 heavy (non-hydrogen) atoms. The quantitative estimate of drug-likeness (QED) is 0.413. The summed E-state index contributed by atoms with van der Waals surface area (Å²) in [6, 6.07) is 16.6. The Morgan fingerprint density at radius 1 is 1.08 bits per heavy atom. The Balaban J connectivity index is 1.62. The first-order valence-electron chi connectivity index (χ1n) is 12.0. The van der Waals surface area contributed by atoms with Crippen molar-refractivity contribution in [3.63, 3.8) is 0 Å². The van der Waals surface area contributed by atoms with Gasteiger partial charge in [0.25, 0.3) is 5.91 Å². The van der Waals surface area contributed by atoms with Crippen LogP contribution < -0.4 is 10.1 Å². The van der Waals surface area contributed by atoms with Crippen molar-refractivity contribution in [3.05, 3.63) is 65.7 Å². The van der Waals surface area contributed by atoms with E-state index in [2.05, 4.69) is 5.32 Å². The maximum absolute atomic E-state index is 13.3. The van der Waals surface area contributed by atoms with E-state index in [0.29, 0.717) is 18.6 Å². The summed E-state index contributed by atoms with van der Waals surface area (Å²) < 4.78 is 41.1.